The Bertz CT molecular complexity index is 710. The van der Waals surface area contributed by atoms with E-state index in [1.165, 1.54) is 6.26 Å². The van der Waals surface area contributed by atoms with Crippen molar-refractivity contribution in [3.8, 4) is 11.4 Å². The molecule has 0 saturated carbocycles. The molecule has 0 unspecified atom stereocenters. The van der Waals surface area contributed by atoms with E-state index in [-0.39, 0.29) is 0 Å². The number of benzene rings is 1. The number of hydrogen-bond donors (Lipinski definition) is 0. The van der Waals surface area contributed by atoms with E-state index in [4.69, 9.17) is 0 Å². The number of alkyl halides is 1. The smallest absolute Gasteiger partial charge is 0.175 e. The van der Waals surface area contributed by atoms with Crippen molar-refractivity contribution in [2.75, 3.05) is 6.26 Å². The Kier molecular flexibility index (Phi) is 4.59. The van der Waals surface area contributed by atoms with Crippen molar-refractivity contribution in [3.05, 3.63) is 30.1 Å². The van der Waals surface area contributed by atoms with Crippen molar-refractivity contribution in [1.82, 2.24) is 14.8 Å². The Morgan fingerprint density at radius 2 is 2.05 bits per heavy atom. The van der Waals surface area contributed by atoms with Crippen molar-refractivity contribution in [2.24, 2.45) is 0 Å². The van der Waals surface area contributed by atoms with E-state index < -0.39 is 9.84 Å². The van der Waals surface area contributed by atoms with Crippen molar-refractivity contribution in [3.63, 3.8) is 0 Å². The van der Waals surface area contributed by atoms with Crippen LogP contribution < -0.4 is 0 Å². The van der Waals surface area contributed by atoms with Crippen LogP contribution in [-0.2, 0) is 21.7 Å². The summed E-state index contributed by atoms with van der Waals surface area (Å²) in [6.45, 7) is 2.88. The minimum atomic E-state index is -3.22. The first-order valence-electron chi connectivity index (χ1n) is 6.26. The second-order valence-electron chi connectivity index (χ2n) is 4.53. The SMILES string of the molecule is CCCn1c(CBr)nnc1-c1cccc(S(C)(=O)=O)c1. The third kappa shape index (κ3) is 3.09. The summed E-state index contributed by atoms with van der Waals surface area (Å²) in [6, 6.07) is 6.81. The molecule has 7 heteroatoms. The molecule has 5 nitrogen and oxygen atoms in total. The van der Waals surface area contributed by atoms with Gasteiger partial charge in [-0.15, -0.1) is 10.2 Å². The molecule has 0 saturated heterocycles. The summed E-state index contributed by atoms with van der Waals surface area (Å²) in [6.07, 6.45) is 2.16. The summed E-state index contributed by atoms with van der Waals surface area (Å²) in [5.74, 6) is 1.54. The lowest BCUT2D eigenvalue weighted by Gasteiger charge is -2.08. The molecule has 20 heavy (non-hydrogen) atoms. The Labute approximate surface area is 127 Å². The van der Waals surface area contributed by atoms with Crippen LogP contribution in [0.4, 0.5) is 0 Å². The Balaban J connectivity index is 2.54. The summed E-state index contributed by atoms with van der Waals surface area (Å²) in [5.41, 5.74) is 0.765. The van der Waals surface area contributed by atoms with E-state index in [0.29, 0.717) is 16.0 Å². The van der Waals surface area contributed by atoms with Crippen LogP contribution in [0.2, 0.25) is 0 Å². The fraction of sp³-hybridized carbons (Fsp3) is 0.385. The molecule has 0 aliphatic carbocycles. The summed E-state index contributed by atoms with van der Waals surface area (Å²) >= 11 is 3.39. The molecule has 1 aromatic heterocycles. The van der Waals surface area contributed by atoms with Crippen LogP contribution >= 0.6 is 15.9 Å². The maximum absolute atomic E-state index is 11.6. The first-order chi connectivity index (χ1) is 9.47. The molecule has 0 amide bonds. The van der Waals surface area contributed by atoms with Gasteiger partial charge in [0.2, 0.25) is 0 Å². The first kappa shape index (κ1) is 15.2. The van der Waals surface area contributed by atoms with E-state index in [1.54, 1.807) is 18.2 Å². The van der Waals surface area contributed by atoms with E-state index >= 15 is 0 Å². The lowest BCUT2D eigenvalue weighted by molar-refractivity contribution is 0.602. The lowest BCUT2D eigenvalue weighted by atomic mass is 10.2. The third-order valence-electron chi connectivity index (χ3n) is 2.91. The Morgan fingerprint density at radius 3 is 2.65 bits per heavy atom. The van der Waals surface area contributed by atoms with E-state index in [9.17, 15) is 8.42 Å². The van der Waals surface area contributed by atoms with Crippen LogP contribution in [0.5, 0.6) is 0 Å². The fourth-order valence-electron chi connectivity index (χ4n) is 1.97. The monoisotopic (exact) mass is 357 g/mol. The number of aromatic nitrogens is 3. The molecule has 0 fully saturated rings. The molecule has 0 bridgehead atoms. The van der Waals surface area contributed by atoms with Gasteiger partial charge in [-0.05, 0) is 18.6 Å². The second kappa shape index (κ2) is 6.05. The summed E-state index contributed by atoms with van der Waals surface area (Å²) in [5, 5.41) is 8.94. The Morgan fingerprint density at radius 1 is 1.30 bits per heavy atom. The average Bonchev–Trinajstić information content (AvgIpc) is 2.81. The van der Waals surface area contributed by atoms with Crippen LogP contribution in [0.1, 0.15) is 19.2 Å². The van der Waals surface area contributed by atoms with Gasteiger partial charge in [0.05, 0.1) is 10.2 Å². The second-order valence-corrected chi connectivity index (χ2v) is 7.10. The van der Waals surface area contributed by atoms with E-state index in [1.807, 2.05) is 10.6 Å². The van der Waals surface area contributed by atoms with Gasteiger partial charge in [-0.1, -0.05) is 35.0 Å². The van der Waals surface area contributed by atoms with E-state index in [2.05, 4.69) is 33.1 Å². The normalized spacial score (nSPS) is 11.8. The minimum Gasteiger partial charge on any atom is -0.310 e. The molecule has 1 heterocycles. The number of halogens is 1. The van der Waals surface area contributed by atoms with Gasteiger partial charge in [-0.2, -0.15) is 0 Å². The summed E-state index contributed by atoms with van der Waals surface area (Å²) in [4.78, 5) is 0.293. The third-order valence-corrected chi connectivity index (χ3v) is 4.53. The van der Waals surface area contributed by atoms with Crippen molar-refractivity contribution < 1.29 is 8.42 Å². The zero-order valence-corrected chi connectivity index (χ0v) is 13.8. The molecular weight excluding hydrogens is 342 g/mol. The van der Waals surface area contributed by atoms with Crippen molar-refractivity contribution >= 4 is 25.8 Å². The standard InChI is InChI=1S/C13H16BrN3O2S/c1-3-7-17-12(9-14)15-16-13(17)10-5-4-6-11(8-10)20(2,18)19/h4-6,8H,3,7,9H2,1-2H3. The summed E-state index contributed by atoms with van der Waals surface area (Å²) in [7, 11) is -3.22. The molecule has 0 spiro atoms. The zero-order chi connectivity index (χ0) is 14.8. The summed E-state index contributed by atoms with van der Waals surface area (Å²) < 4.78 is 25.3. The number of nitrogens with zero attached hydrogens (tertiary/aromatic N) is 3. The molecule has 2 aromatic rings. The number of sulfone groups is 1. The molecule has 1 aromatic carbocycles. The molecule has 0 aliphatic rings. The van der Waals surface area contributed by atoms with Crippen LogP contribution in [-0.4, -0.2) is 29.4 Å². The molecule has 0 aliphatic heterocycles. The Hall–Kier alpha value is -1.21. The molecule has 2 rings (SSSR count). The quantitative estimate of drug-likeness (QED) is 0.771. The number of rotatable bonds is 5. The van der Waals surface area contributed by atoms with Gasteiger partial charge >= 0.3 is 0 Å². The molecule has 0 N–H and O–H groups in total. The van der Waals surface area contributed by atoms with Crippen LogP contribution in [0.3, 0.4) is 0 Å². The highest BCUT2D eigenvalue weighted by atomic mass is 79.9. The van der Waals surface area contributed by atoms with Crippen molar-refractivity contribution in [2.45, 2.75) is 30.1 Å². The van der Waals surface area contributed by atoms with Crippen LogP contribution in [0.25, 0.3) is 11.4 Å². The van der Waals surface area contributed by atoms with Crippen molar-refractivity contribution in [1.29, 1.82) is 0 Å². The zero-order valence-electron chi connectivity index (χ0n) is 11.4. The highest BCUT2D eigenvalue weighted by Crippen LogP contribution is 2.22. The molecular formula is C13H16BrN3O2S. The van der Waals surface area contributed by atoms with Gasteiger partial charge in [-0.25, -0.2) is 8.42 Å². The lowest BCUT2D eigenvalue weighted by Crippen LogP contribution is -2.04. The van der Waals surface area contributed by atoms with Gasteiger partial charge in [0.15, 0.2) is 15.7 Å². The fourth-order valence-corrected chi connectivity index (χ4v) is 3.05. The van der Waals surface area contributed by atoms with Gasteiger partial charge in [0, 0.05) is 18.4 Å². The minimum absolute atomic E-state index is 0.293. The van der Waals surface area contributed by atoms with E-state index in [0.717, 1.165) is 24.4 Å². The van der Waals surface area contributed by atoms with Gasteiger partial charge in [-0.3, -0.25) is 0 Å². The topological polar surface area (TPSA) is 64.8 Å². The maximum Gasteiger partial charge on any atom is 0.175 e. The largest absolute Gasteiger partial charge is 0.310 e. The molecule has 108 valence electrons. The average molecular weight is 358 g/mol. The maximum atomic E-state index is 11.6. The van der Waals surface area contributed by atoms with Gasteiger partial charge in [0.25, 0.3) is 0 Å². The van der Waals surface area contributed by atoms with Crippen LogP contribution in [0, 0.1) is 0 Å². The van der Waals surface area contributed by atoms with Gasteiger partial charge < -0.3 is 4.57 Å². The molecule has 0 radical (unpaired) electrons. The van der Waals surface area contributed by atoms with Gasteiger partial charge in [0.1, 0.15) is 5.82 Å². The number of hydrogen-bond acceptors (Lipinski definition) is 4. The predicted molar refractivity (Wildman–Crippen MR) is 81.5 cm³/mol. The first-order valence-corrected chi connectivity index (χ1v) is 9.27. The van der Waals surface area contributed by atoms with Crippen LogP contribution in [0.15, 0.2) is 29.2 Å². The highest BCUT2D eigenvalue weighted by Gasteiger charge is 2.14. The highest BCUT2D eigenvalue weighted by molar-refractivity contribution is 9.08. The predicted octanol–water partition coefficient (Wildman–Crippen LogP) is 2.65. The molecule has 0 atom stereocenters.